The zero-order valence-corrected chi connectivity index (χ0v) is 25.6. The second-order valence-electron chi connectivity index (χ2n) is 11.2. The van der Waals surface area contributed by atoms with Gasteiger partial charge in [0, 0.05) is 30.8 Å². The average molecular weight is 613 g/mol. The lowest BCUT2D eigenvalue weighted by molar-refractivity contribution is 0.0453. The zero-order valence-electron chi connectivity index (χ0n) is 24.1. The maximum Gasteiger partial charge on any atom is 0.407 e. The Kier molecular flexibility index (Phi) is 8.79. The van der Waals surface area contributed by atoms with Gasteiger partial charge in [-0.25, -0.2) is 23.8 Å². The van der Waals surface area contributed by atoms with Crippen LogP contribution >= 0.6 is 23.4 Å². The van der Waals surface area contributed by atoms with E-state index in [9.17, 15) is 4.79 Å². The third-order valence-corrected chi connectivity index (χ3v) is 8.35. The van der Waals surface area contributed by atoms with Crippen molar-refractivity contribution < 1.29 is 18.7 Å². The quantitative estimate of drug-likeness (QED) is 0.240. The number of anilines is 1. The molecule has 2 aromatic carbocycles. The number of methoxy groups -OCH3 is 1. The summed E-state index contributed by atoms with van der Waals surface area (Å²) < 4.78 is 27.9. The van der Waals surface area contributed by atoms with Crippen molar-refractivity contribution in [1.82, 2.24) is 25.1 Å². The fourth-order valence-electron chi connectivity index (χ4n) is 4.63. The topological polar surface area (TPSA) is 94.4 Å². The highest BCUT2D eigenvalue weighted by atomic mass is 35.5. The summed E-state index contributed by atoms with van der Waals surface area (Å²) in [6.07, 6.45) is 1.57. The SMILES string of the molecule is COc1ccc(Cn2nc(Sc3ccccc3Cl)c3ncc(N4CCC(F)(CNC(=O)OC(C)(C)C)CC4)nc32)cc1. The van der Waals surface area contributed by atoms with Crippen LogP contribution in [-0.2, 0) is 11.3 Å². The van der Waals surface area contributed by atoms with E-state index in [1.807, 2.05) is 58.1 Å². The molecule has 0 atom stereocenters. The number of alkyl carbamates (subject to hydrolysis) is 1. The van der Waals surface area contributed by atoms with E-state index in [-0.39, 0.29) is 19.4 Å². The van der Waals surface area contributed by atoms with Gasteiger partial charge in [-0.3, -0.25) is 0 Å². The van der Waals surface area contributed by atoms with Crippen molar-refractivity contribution in [3.63, 3.8) is 0 Å². The monoisotopic (exact) mass is 612 g/mol. The number of carbonyl (C=O) groups is 1. The normalized spacial score (nSPS) is 15.0. The van der Waals surface area contributed by atoms with Crippen LogP contribution in [0.15, 0.2) is 64.6 Å². The molecule has 0 unspecified atom stereocenters. The Morgan fingerprint density at radius 1 is 1.14 bits per heavy atom. The van der Waals surface area contributed by atoms with Crippen LogP contribution in [-0.4, -0.2) is 63.9 Å². The van der Waals surface area contributed by atoms with E-state index in [1.165, 1.54) is 11.8 Å². The first-order valence-corrected chi connectivity index (χ1v) is 14.9. The van der Waals surface area contributed by atoms with Crippen molar-refractivity contribution in [3.8, 4) is 5.75 Å². The van der Waals surface area contributed by atoms with E-state index in [1.54, 1.807) is 34.1 Å². The van der Waals surface area contributed by atoms with Crippen LogP contribution in [0.25, 0.3) is 11.2 Å². The number of ether oxygens (including phenoxy) is 2. The molecule has 2 aromatic heterocycles. The number of aromatic nitrogens is 4. The van der Waals surface area contributed by atoms with Crippen molar-refractivity contribution in [2.75, 3.05) is 31.6 Å². The largest absolute Gasteiger partial charge is 0.497 e. The highest BCUT2D eigenvalue weighted by Crippen LogP contribution is 2.36. The lowest BCUT2D eigenvalue weighted by Crippen LogP contribution is -2.49. The minimum absolute atomic E-state index is 0.0995. The minimum atomic E-state index is -1.53. The van der Waals surface area contributed by atoms with Gasteiger partial charge in [-0.1, -0.05) is 47.6 Å². The second-order valence-corrected chi connectivity index (χ2v) is 12.7. The van der Waals surface area contributed by atoms with E-state index in [4.69, 9.17) is 36.1 Å². The zero-order chi connectivity index (χ0) is 29.9. The second kappa shape index (κ2) is 12.3. The standard InChI is InChI=1S/C30H34ClFN6O3S/c1-29(2,3)41-28(39)34-19-30(32)13-15-37(16-14-30)24-17-33-25-26(35-24)38(18-20-9-11-21(40-4)12-10-20)36-27(25)42-23-8-6-5-7-22(23)31/h5-12,17H,13-16,18-19H2,1-4H3,(H,34,39). The van der Waals surface area contributed by atoms with E-state index >= 15 is 4.39 Å². The average Bonchev–Trinajstić information content (AvgIpc) is 3.29. The van der Waals surface area contributed by atoms with E-state index in [0.717, 1.165) is 16.2 Å². The Balaban J connectivity index is 1.36. The number of nitrogens with one attached hydrogen (secondary N) is 1. The lowest BCUT2D eigenvalue weighted by atomic mass is 9.93. The summed E-state index contributed by atoms with van der Waals surface area (Å²) in [6, 6.07) is 15.4. The summed E-state index contributed by atoms with van der Waals surface area (Å²) in [5.74, 6) is 1.42. The minimum Gasteiger partial charge on any atom is -0.497 e. The molecule has 0 bridgehead atoms. The summed E-state index contributed by atoms with van der Waals surface area (Å²) in [7, 11) is 1.64. The van der Waals surface area contributed by atoms with Crippen LogP contribution in [0.2, 0.25) is 5.02 Å². The molecule has 222 valence electrons. The maximum atomic E-state index is 15.5. The predicted molar refractivity (Wildman–Crippen MR) is 163 cm³/mol. The molecule has 5 rings (SSSR count). The summed E-state index contributed by atoms with van der Waals surface area (Å²) in [4.78, 5) is 24.6. The number of rotatable bonds is 8. The molecule has 9 nitrogen and oxygen atoms in total. The molecule has 1 amide bonds. The van der Waals surface area contributed by atoms with E-state index in [0.29, 0.717) is 46.7 Å². The molecule has 0 aliphatic carbocycles. The Morgan fingerprint density at radius 3 is 2.52 bits per heavy atom. The number of alkyl halides is 1. The molecule has 1 N–H and O–H groups in total. The van der Waals surface area contributed by atoms with Gasteiger partial charge in [0.2, 0.25) is 0 Å². The molecule has 1 saturated heterocycles. The number of hydrogen-bond donors (Lipinski definition) is 1. The Hall–Kier alpha value is -3.57. The van der Waals surface area contributed by atoms with Crippen LogP contribution in [0.5, 0.6) is 5.75 Å². The molecule has 0 saturated carbocycles. The predicted octanol–water partition coefficient (Wildman–Crippen LogP) is 6.52. The molecule has 1 fully saturated rings. The van der Waals surface area contributed by atoms with Crippen molar-refractivity contribution in [2.45, 2.75) is 61.3 Å². The first-order valence-electron chi connectivity index (χ1n) is 13.7. The molecule has 3 heterocycles. The molecule has 4 aromatic rings. The Labute approximate surface area is 253 Å². The molecule has 42 heavy (non-hydrogen) atoms. The molecular formula is C30H34ClFN6O3S. The number of hydrogen-bond acceptors (Lipinski definition) is 8. The van der Waals surface area contributed by atoms with E-state index in [2.05, 4.69) is 5.32 Å². The smallest absolute Gasteiger partial charge is 0.407 e. The number of carbonyl (C=O) groups excluding carboxylic acids is 1. The third kappa shape index (κ3) is 7.25. The fraction of sp³-hybridized carbons (Fsp3) is 0.400. The number of nitrogens with zero attached hydrogens (tertiary/aromatic N) is 5. The van der Waals surface area contributed by atoms with Gasteiger partial charge in [0.25, 0.3) is 0 Å². The van der Waals surface area contributed by atoms with Crippen molar-refractivity contribution in [1.29, 1.82) is 0 Å². The molecule has 12 heteroatoms. The van der Waals surface area contributed by atoms with Gasteiger partial charge in [-0.2, -0.15) is 5.10 Å². The van der Waals surface area contributed by atoms with Gasteiger partial charge < -0.3 is 19.7 Å². The number of amides is 1. The molecule has 0 spiro atoms. The molecular weight excluding hydrogens is 579 g/mol. The van der Waals surface area contributed by atoms with Gasteiger partial charge in [0.1, 0.15) is 28.4 Å². The van der Waals surface area contributed by atoms with Gasteiger partial charge in [-0.05, 0) is 50.6 Å². The third-order valence-electron chi connectivity index (χ3n) is 6.87. The summed E-state index contributed by atoms with van der Waals surface area (Å²) in [6.45, 7) is 6.56. The van der Waals surface area contributed by atoms with E-state index < -0.39 is 17.4 Å². The number of piperidine rings is 1. The Morgan fingerprint density at radius 2 is 1.86 bits per heavy atom. The van der Waals surface area contributed by atoms with Crippen molar-refractivity contribution >= 4 is 46.4 Å². The van der Waals surface area contributed by atoms with Crippen molar-refractivity contribution in [3.05, 3.63) is 65.3 Å². The van der Waals surface area contributed by atoms with Crippen LogP contribution in [0.1, 0.15) is 39.2 Å². The number of halogens is 2. The van der Waals surface area contributed by atoms with Crippen LogP contribution in [0.4, 0.5) is 15.0 Å². The van der Waals surface area contributed by atoms with Crippen LogP contribution in [0.3, 0.4) is 0 Å². The fourth-order valence-corrected chi connectivity index (χ4v) is 5.78. The van der Waals surface area contributed by atoms with Crippen LogP contribution < -0.4 is 15.0 Å². The van der Waals surface area contributed by atoms with Gasteiger partial charge in [0.15, 0.2) is 10.7 Å². The maximum absolute atomic E-state index is 15.5. The molecule has 1 aliphatic heterocycles. The summed E-state index contributed by atoms with van der Waals surface area (Å²) in [5.41, 5.74) is 0.149. The highest BCUT2D eigenvalue weighted by molar-refractivity contribution is 7.99. The summed E-state index contributed by atoms with van der Waals surface area (Å²) in [5, 5.41) is 8.78. The van der Waals surface area contributed by atoms with Gasteiger partial charge >= 0.3 is 6.09 Å². The molecule has 0 radical (unpaired) electrons. The first kappa shape index (κ1) is 29.9. The summed E-state index contributed by atoms with van der Waals surface area (Å²) >= 11 is 7.88. The van der Waals surface area contributed by atoms with Gasteiger partial charge in [-0.15, -0.1) is 0 Å². The van der Waals surface area contributed by atoms with Crippen LogP contribution in [0, 0.1) is 0 Å². The first-order chi connectivity index (χ1) is 20.0. The number of benzene rings is 2. The van der Waals surface area contributed by atoms with Gasteiger partial charge in [0.05, 0.1) is 31.4 Å². The highest BCUT2D eigenvalue weighted by Gasteiger charge is 2.36. The lowest BCUT2D eigenvalue weighted by Gasteiger charge is -2.37. The molecule has 1 aliphatic rings. The number of fused-ring (bicyclic) bond motifs is 1. The van der Waals surface area contributed by atoms with Crippen molar-refractivity contribution in [2.24, 2.45) is 0 Å². The Bertz CT molecular complexity index is 1550.